The number of hydrogen-bond acceptors (Lipinski definition) is 7. The van der Waals surface area contributed by atoms with Gasteiger partial charge in [-0.05, 0) is 48.9 Å². The molecule has 0 fully saturated rings. The van der Waals surface area contributed by atoms with Crippen molar-refractivity contribution in [1.29, 1.82) is 0 Å². The van der Waals surface area contributed by atoms with Crippen LogP contribution in [-0.2, 0) is 0 Å². The van der Waals surface area contributed by atoms with Gasteiger partial charge in [-0.1, -0.05) is 35.3 Å². The van der Waals surface area contributed by atoms with Crippen LogP contribution in [0, 0.1) is 0 Å². The first-order valence-electron chi connectivity index (χ1n) is 10.6. The molecule has 0 radical (unpaired) electrons. The number of fused-ring (bicyclic) bond motifs is 1. The normalized spacial score (nSPS) is 11.7. The lowest BCUT2D eigenvalue weighted by atomic mass is 10.1. The van der Waals surface area contributed by atoms with Gasteiger partial charge in [-0.3, -0.25) is 19.4 Å². The predicted molar refractivity (Wildman–Crippen MR) is 136 cm³/mol. The number of hydrogen-bond donors (Lipinski definition) is 3. The molecule has 0 spiro atoms. The van der Waals surface area contributed by atoms with E-state index in [1.54, 1.807) is 31.2 Å². The molecule has 2 amide bonds. The molecule has 1 atom stereocenters. The van der Waals surface area contributed by atoms with E-state index in [2.05, 4.69) is 20.3 Å². The minimum Gasteiger partial charge on any atom is -0.467 e. The van der Waals surface area contributed by atoms with Crippen molar-refractivity contribution in [3.05, 3.63) is 91.8 Å². The van der Waals surface area contributed by atoms with Gasteiger partial charge in [0.1, 0.15) is 11.2 Å². The van der Waals surface area contributed by atoms with Gasteiger partial charge < -0.3 is 15.0 Å². The third-order valence-corrected chi connectivity index (χ3v) is 6.01. The number of aromatic amines is 1. The van der Waals surface area contributed by atoms with E-state index in [4.69, 9.17) is 33.8 Å². The number of nitrogens with two attached hydrogens (primary N) is 1. The lowest BCUT2D eigenvalue weighted by molar-refractivity contribution is 0.0690. The fourth-order valence-electron chi connectivity index (χ4n) is 3.44. The van der Waals surface area contributed by atoms with Crippen LogP contribution in [-0.4, -0.2) is 38.9 Å². The summed E-state index contributed by atoms with van der Waals surface area (Å²) in [5, 5.41) is 4.73. The van der Waals surface area contributed by atoms with Crippen molar-refractivity contribution in [1.82, 2.24) is 20.0 Å². The second-order valence-electron chi connectivity index (χ2n) is 7.76. The van der Waals surface area contributed by atoms with Gasteiger partial charge in [0.2, 0.25) is 0 Å². The molecular formula is C24H20Cl2N6O4. The van der Waals surface area contributed by atoms with Crippen LogP contribution in [0.3, 0.4) is 0 Å². The Morgan fingerprint density at radius 3 is 2.67 bits per heavy atom. The van der Waals surface area contributed by atoms with E-state index in [9.17, 15) is 14.4 Å². The second-order valence-corrected chi connectivity index (χ2v) is 8.61. The molecule has 10 nitrogen and oxygen atoms in total. The summed E-state index contributed by atoms with van der Waals surface area (Å²) in [5.41, 5.74) is 0.399. The second kappa shape index (κ2) is 10.3. The zero-order chi connectivity index (χ0) is 26.0. The Bertz CT molecular complexity index is 1540. The highest BCUT2D eigenvalue weighted by Crippen LogP contribution is 2.27. The Labute approximate surface area is 215 Å². The van der Waals surface area contributed by atoms with Crippen LogP contribution in [0.5, 0.6) is 6.01 Å². The number of pyridine rings is 1. The van der Waals surface area contributed by atoms with Gasteiger partial charge in [0, 0.05) is 22.2 Å². The Morgan fingerprint density at radius 2 is 1.94 bits per heavy atom. The fourth-order valence-corrected chi connectivity index (χ4v) is 3.80. The van der Waals surface area contributed by atoms with E-state index in [-0.39, 0.29) is 33.5 Å². The smallest absolute Gasteiger partial charge is 0.318 e. The Kier molecular flexibility index (Phi) is 7.20. The largest absolute Gasteiger partial charge is 0.467 e. The van der Waals surface area contributed by atoms with Gasteiger partial charge in [0.15, 0.2) is 0 Å². The van der Waals surface area contributed by atoms with E-state index in [1.165, 1.54) is 37.6 Å². The van der Waals surface area contributed by atoms with Crippen molar-refractivity contribution in [2.24, 2.45) is 5.84 Å². The van der Waals surface area contributed by atoms with E-state index in [0.29, 0.717) is 10.4 Å². The Hall–Kier alpha value is -3.99. The minimum atomic E-state index is -0.739. The standard InChI is InChI=1S/C24H20Cl2N6O4/c1-12(13-4-3-5-16(25)8-13)32(27)23(35)14-6-7-18(26)19(10-14)29-21(33)17-9-15-11-28-24(36-2)31-20(15)30-22(17)34/h3-12H,27H2,1-2H3,(H,29,33)(H,28,30,31,34). The fraction of sp³-hybridized carbons (Fsp3) is 0.125. The van der Waals surface area contributed by atoms with Crippen molar-refractivity contribution in [3.8, 4) is 6.01 Å². The Balaban J connectivity index is 1.58. The van der Waals surface area contributed by atoms with Crippen LogP contribution < -0.4 is 21.5 Å². The van der Waals surface area contributed by atoms with E-state index >= 15 is 0 Å². The molecule has 0 aliphatic heterocycles. The maximum Gasteiger partial charge on any atom is 0.318 e. The number of benzene rings is 2. The molecule has 0 saturated heterocycles. The van der Waals surface area contributed by atoms with Gasteiger partial charge in [0.25, 0.3) is 17.4 Å². The van der Waals surface area contributed by atoms with Crippen LogP contribution in [0.4, 0.5) is 5.69 Å². The zero-order valence-corrected chi connectivity index (χ0v) is 20.6. The van der Waals surface area contributed by atoms with Crippen molar-refractivity contribution in [2.75, 3.05) is 12.4 Å². The van der Waals surface area contributed by atoms with Crippen LogP contribution in [0.1, 0.15) is 39.2 Å². The summed E-state index contributed by atoms with van der Waals surface area (Å²) < 4.78 is 4.94. The minimum absolute atomic E-state index is 0.0715. The molecule has 0 saturated carbocycles. The molecule has 4 rings (SSSR count). The van der Waals surface area contributed by atoms with Crippen LogP contribution in [0.25, 0.3) is 11.0 Å². The molecule has 2 aromatic heterocycles. The highest BCUT2D eigenvalue weighted by Gasteiger charge is 2.22. The highest BCUT2D eigenvalue weighted by molar-refractivity contribution is 6.34. The van der Waals surface area contributed by atoms with Crippen LogP contribution in [0.15, 0.2) is 59.5 Å². The summed E-state index contributed by atoms with van der Waals surface area (Å²) in [6.45, 7) is 1.76. The topological polar surface area (TPSA) is 143 Å². The summed E-state index contributed by atoms with van der Waals surface area (Å²) in [5.74, 6) is 4.85. The number of amides is 2. The van der Waals surface area contributed by atoms with Crippen molar-refractivity contribution >= 4 is 51.7 Å². The van der Waals surface area contributed by atoms with Crippen LogP contribution in [0.2, 0.25) is 10.0 Å². The van der Waals surface area contributed by atoms with E-state index in [1.807, 2.05) is 0 Å². The number of methoxy groups -OCH3 is 1. The van der Waals surface area contributed by atoms with Gasteiger partial charge in [-0.25, -0.2) is 10.8 Å². The lowest BCUT2D eigenvalue weighted by Gasteiger charge is -2.25. The maximum absolute atomic E-state index is 13.0. The number of nitrogens with one attached hydrogen (secondary N) is 2. The zero-order valence-electron chi connectivity index (χ0n) is 19.1. The van der Waals surface area contributed by atoms with Gasteiger partial charge in [-0.2, -0.15) is 4.98 Å². The number of aromatic nitrogens is 3. The Morgan fingerprint density at radius 1 is 1.17 bits per heavy atom. The summed E-state index contributed by atoms with van der Waals surface area (Å²) in [6, 6.07) is 12.3. The molecular weight excluding hydrogens is 507 g/mol. The van der Waals surface area contributed by atoms with Gasteiger partial charge in [-0.15, -0.1) is 0 Å². The summed E-state index contributed by atoms with van der Waals surface area (Å²) in [6.07, 6.45) is 1.41. The average Bonchev–Trinajstić information content (AvgIpc) is 2.87. The predicted octanol–water partition coefficient (Wildman–Crippen LogP) is 3.96. The number of H-pyrrole nitrogens is 1. The lowest BCUT2D eigenvalue weighted by Crippen LogP contribution is -2.39. The summed E-state index contributed by atoms with van der Waals surface area (Å²) in [7, 11) is 1.39. The molecule has 12 heteroatoms. The molecule has 2 aromatic carbocycles. The number of carbonyl (C=O) groups is 2. The number of nitrogens with zero attached hydrogens (tertiary/aromatic N) is 3. The van der Waals surface area contributed by atoms with Gasteiger partial charge >= 0.3 is 6.01 Å². The molecule has 4 N–H and O–H groups in total. The number of carbonyl (C=O) groups excluding carboxylic acids is 2. The first kappa shape index (κ1) is 25.1. The molecule has 1 unspecified atom stereocenters. The third kappa shape index (κ3) is 5.15. The SMILES string of the molecule is COc1ncc2cc(C(=O)Nc3cc(C(=O)N(N)C(C)c4cccc(Cl)c4)ccc3Cl)c(=O)[nH]c2n1. The molecule has 0 aliphatic carbocycles. The summed E-state index contributed by atoms with van der Waals surface area (Å²) >= 11 is 12.3. The van der Waals surface area contributed by atoms with Crippen molar-refractivity contribution in [2.45, 2.75) is 13.0 Å². The van der Waals surface area contributed by atoms with Crippen molar-refractivity contribution in [3.63, 3.8) is 0 Å². The summed E-state index contributed by atoms with van der Waals surface area (Å²) in [4.78, 5) is 49.0. The first-order chi connectivity index (χ1) is 17.2. The number of hydrazine groups is 1. The first-order valence-corrected chi connectivity index (χ1v) is 11.3. The van der Waals surface area contributed by atoms with Gasteiger partial charge in [0.05, 0.1) is 23.9 Å². The highest BCUT2D eigenvalue weighted by atomic mass is 35.5. The molecule has 36 heavy (non-hydrogen) atoms. The number of halogens is 2. The van der Waals surface area contributed by atoms with Crippen LogP contribution >= 0.6 is 23.2 Å². The monoisotopic (exact) mass is 526 g/mol. The van der Waals surface area contributed by atoms with Crippen molar-refractivity contribution < 1.29 is 14.3 Å². The maximum atomic E-state index is 13.0. The number of rotatable bonds is 6. The quantitative estimate of drug-likeness (QED) is 0.196. The molecule has 2 heterocycles. The number of ether oxygens (including phenoxy) is 1. The van der Waals surface area contributed by atoms with E-state index in [0.717, 1.165) is 10.6 Å². The number of anilines is 1. The van der Waals surface area contributed by atoms with E-state index < -0.39 is 23.4 Å². The molecule has 4 aromatic rings. The molecule has 184 valence electrons. The average molecular weight is 527 g/mol. The third-order valence-electron chi connectivity index (χ3n) is 5.44. The molecule has 0 bridgehead atoms. The molecule has 0 aliphatic rings.